The molecule has 1 N–H and O–H groups in total. The minimum absolute atomic E-state index is 0.0335. The van der Waals surface area contributed by atoms with Crippen LogP contribution < -0.4 is 10.1 Å². The van der Waals surface area contributed by atoms with E-state index in [2.05, 4.69) is 5.32 Å². The molecule has 0 aliphatic carbocycles. The maximum atomic E-state index is 10.7. The highest BCUT2D eigenvalue weighted by Gasteiger charge is 2.13. The van der Waals surface area contributed by atoms with Crippen LogP contribution in [-0.4, -0.2) is 18.6 Å². The number of methoxy groups -OCH3 is 1. The van der Waals surface area contributed by atoms with Crippen molar-refractivity contribution in [2.24, 2.45) is 0 Å². The van der Waals surface area contributed by atoms with Crippen LogP contribution in [0.25, 0.3) is 0 Å². The molecule has 1 rings (SSSR count). The monoisotopic (exact) mass is 196 g/mol. The Labute approximate surface area is 81.8 Å². The molecule has 0 saturated carbocycles. The van der Waals surface area contributed by atoms with E-state index in [0.717, 1.165) is 0 Å². The average Bonchev–Trinajstić information content (AvgIpc) is 2.18. The van der Waals surface area contributed by atoms with Gasteiger partial charge in [-0.25, -0.2) is 0 Å². The van der Waals surface area contributed by atoms with Gasteiger partial charge in [-0.2, -0.15) is 0 Å². The molecule has 1 aromatic carbocycles. The van der Waals surface area contributed by atoms with E-state index in [1.165, 1.54) is 13.2 Å². The van der Waals surface area contributed by atoms with Gasteiger partial charge in [0.05, 0.1) is 18.1 Å². The number of nitro groups is 1. The van der Waals surface area contributed by atoms with Gasteiger partial charge in [0.25, 0.3) is 5.69 Å². The highest BCUT2D eigenvalue weighted by Crippen LogP contribution is 2.28. The lowest BCUT2D eigenvalue weighted by molar-refractivity contribution is -0.384. The molecule has 5 nitrogen and oxygen atoms in total. The zero-order valence-corrected chi connectivity index (χ0v) is 8.11. The summed E-state index contributed by atoms with van der Waals surface area (Å²) in [5, 5.41) is 13.6. The van der Waals surface area contributed by atoms with Crippen LogP contribution in [0.1, 0.15) is 6.92 Å². The SMILES string of the molecule is CCNc1ccc(OC)cc1[N+](=O)[O-]. The fourth-order valence-electron chi connectivity index (χ4n) is 1.13. The van der Waals surface area contributed by atoms with E-state index in [1.807, 2.05) is 6.92 Å². The molecule has 0 radical (unpaired) electrons. The fraction of sp³-hybridized carbons (Fsp3) is 0.333. The third-order valence-corrected chi connectivity index (χ3v) is 1.77. The number of nitro benzene ring substituents is 1. The van der Waals surface area contributed by atoms with Crippen molar-refractivity contribution in [3.8, 4) is 5.75 Å². The van der Waals surface area contributed by atoms with Crippen LogP contribution in [0.4, 0.5) is 11.4 Å². The second kappa shape index (κ2) is 4.45. The molecule has 0 bridgehead atoms. The molecule has 0 fully saturated rings. The second-order valence-corrected chi connectivity index (χ2v) is 2.67. The lowest BCUT2D eigenvalue weighted by Gasteiger charge is -2.05. The van der Waals surface area contributed by atoms with Gasteiger partial charge in [0.15, 0.2) is 0 Å². The molecule has 0 spiro atoms. The molecule has 76 valence electrons. The molecule has 0 aliphatic rings. The van der Waals surface area contributed by atoms with Gasteiger partial charge in [0.1, 0.15) is 11.4 Å². The van der Waals surface area contributed by atoms with Crippen LogP contribution in [0.5, 0.6) is 5.75 Å². The molecule has 0 atom stereocenters. The third kappa shape index (κ3) is 2.12. The molecule has 1 aromatic rings. The first-order chi connectivity index (χ1) is 6.69. The van der Waals surface area contributed by atoms with Crippen molar-refractivity contribution >= 4 is 11.4 Å². The van der Waals surface area contributed by atoms with E-state index in [0.29, 0.717) is 18.0 Å². The summed E-state index contributed by atoms with van der Waals surface area (Å²) < 4.78 is 4.91. The topological polar surface area (TPSA) is 64.4 Å². The van der Waals surface area contributed by atoms with E-state index in [4.69, 9.17) is 4.74 Å². The van der Waals surface area contributed by atoms with Gasteiger partial charge in [-0.1, -0.05) is 0 Å². The second-order valence-electron chi connectivity index (χ2n) is 2.67. The van der Waals surface area contributed by atoms with E-state index < -0.39 is 4.92 Å². The summed E-state index contributed by atoms with van der Waals surface area (Å²) in [5.74, 6) is 0.485. The Morgan fingerprint density at radius 2 is 2.29 bits per heavy atom. The van der Waals surface area contributed by atoms with Crippen LogP contribution >= 0.6 is 0 Å². The zero-order valence-electron chi connectivity index (χ0n) is 8.11. The van der Waals surface area contributed by atoms with E-state index in [1.54, 1.807) is 12.1 Å². The summed E-state index contributed by atoms with van der Waals surface area (Å²) in [6, 6.07) is 4.73. The van der Waals surface area contributed by atoms with Gasteiger partial charge in [-0.15, -0.1) is 0 Å². The number of anilines is 1. The van der Waals surface area contributed by atoms with E-state index in [9.17, 15) is 10.1 Å². The number of ether oxygens (including phenoxy) is 1. The molecule has 5 heteroatoms. The van der Waals surface area contributed by atoms with Gasteiger partial charge in [-0.3, -0.25) is 10.1 Å². The van der Waals surface area contributed by atoms with Crippen LogP contribution in [0, 0.1) is 10.1 Å². The first kappa shape index (κ1) is 10.3. The fourth-order valence-corrected chi connectivity index (χ4v) is 1.13. The molecule has 0 amide bonds. The molecule has 0 saturated heterocycles. The smallest absolute Gasteiger partial charge is 0.296 e. The molecule has 0 aliphatic heterocycles. The van der Waals surface area contributed by atoms with E-state index in [-0.39, 0.29) is 5.69 Å². The third-order valence-electron chi connectivity index (χ3n) is 1.77. The van der Waals surface area contributed by atoms with Crippen LogP contribution in [-0.2, 0) is 0 Å². The Morgan fingerprint density at radius 1 is 1.57 bits per heavy atom. The average molecular weight is 196 g/mol. The normalized spacial score (nSPS) is 9.57. The van der Waals surface area contributed by atoms with E-state index >= 15 is 0 Å². The Kier molecular flexibility index (Phi) is 3.28. The predicted molar refractivity (Wildman–Crippen MR) is 53.8 cm³/mol. The predicted octanol–water partition coefficient (Wildman–Crippen LogP) is 2.04. The van der Waals surface area contributed by atoms with Crippen LogP contribution in [0.2, 0.25) is 0 Å². The summed E-state index contributed by atoms with van der Waals surface area (Å²) in [6.45, 7) is 2.53. The van der Waals surface area contributed by atoms with Gasteiger partial charge >= 0.3 is 0 Å². The Balaban J connectivity index is 3.10. The Bertz CT molecular complexity index is 339. The summed E-state index contributed by atoms with van der Waals surface area (Å²) in [7, 11) is 1.48. The van der Waals surface area contributed by atoms with Crippen molar-refractivity contribution in [1.29, 1.82) is 0 Å². The van der Waals surface area contributed by atoms with Crippen molar-refractivity contribution in [2.45, 2.75) is 6.92 Å². The lowest BCUT2D eigenvalue weighted by atomic mass is 10.2. The van der Waals surface area contributed by atoms with Gasteiger partial charge < -0.3 is 10.1 Å². The van der Waals surface area contributed by atoms with Crippen LogP contribution in [0.3, 0.4) is 0 Å². The largest absolute Gasteiger partial charge is 0.496 e. The minimum Gasteiger partial charge on any atom is -0.496 e. The summed E-state index contributed by atoms with van der Waals surface area (Å²) in [5.41, 5.74) is 0.546. The number of rotatable bonds is 4. The Hall–Kier alpha value is -1.78. The minimum atomic E-state index is -0.430. The number of benzene rings is 1. The van der Waals surface area contributed by atoms with Gasteiger partial charge in [0, 0.05) is 6.54 Å². The van der Waals surface area contributed by atoms with Gasteiger partial charge in [-0.05, 0) is 19.1 Å². The highest BCUT2D eigenvalue weighted by atomic mass is 16.6. The number of nitrogens with one attached hydrogen (secondary N) is 1. The standard InChI is InChI=1S/C9H12N2O3/c1-3-10-8-5-4-7(14-2)6-9(8)11(12)13/h4-6,10H,3H2,1-2H3. The van der Waals surface area contributed by atoms with Crippen molar-refractivity contribution in [3.63, 3.8) is 0 Å². The number of nitrogens with zero attached hydrogens (tertiary/aromatic N) is 1. The van der Waals surface area contributed by atoms with Gasteiger partial charge in [0.2, 0.25) is 0 Å². The van der Waals surface area contributed by atoms with Crippen molar-refractivity contribution in [2.75, 3.05) is 19.0 Å². The molecule has 14 heavy (non-hydrogen) atoms. The first-order valence-corrected chi connectivity index (χ1v) is 4.25. The molecular weight excluding hydrogens is 184 g/mol. The number of hydrogen-bond donors (Lipinski definition) is 1. The quantitative estimate of drug-likeness (QED) is 0.591. The molecular formula is C9H12N2O3. The molecule has 0 unspecified atom stereocenters. The first-order valence-electron chi connectivity index (χ1n) is 4.25. The Morgan fingerprint density at radius 3 is 2.79 bits per heavy atom. The van der Waals surface area contributed by atoms with Crippen molar-refractivity contribution in [1.82, 2.24) is 0 Å². The summed E-state index contributed by atoms with van der Waals surface area (Å²) in [6.07, 6.45) is 0. The maximum absolute atomic E-state index is 10.7. The molecule has 0 heterocycles. The lowest BCUT2D eigenvalue weighted by Crippen LogP contribution is -2.01. The van der Waals surface area contributed by atoms with Crippen LogP contribution in [0.15, 0.2) is 18.2 Å². The molecule has 0 aromatic heterocycles. The maximum Gasteiger partial charge on any atom is 0.296 e. The summed E-state index contributed by atoms with van der Waals surface area (Å²) >= 11 is 0. The number of hydrogen-bond acceptors (Lipinski definition) is 4. The summed E-state index contributed by atoms with van der Waals surface area (Å²) in [4.78, 5) is 10.2. The van der Waals surface area contributed by atoms with Crippen molar-refractivity contribution < 1.29 is 9.66 Å². The zero-order chi connectivity index (χ0) is 10.6. The van der Waals surface area contributed by atoms with Crippen molar-refractivity contribution in [3.05, 3.63) is 28.3 Å². The highest BCUT2D eigenvalue weighted by molar-refractivity contribution is 5.63.